The third kappa shape index (κ3) is 5.81. The van der Waals surface area contributed by atoms with E-state index in [2.05, 4.69) is 32.0 Å². The van der Waals surface area contributed by atoms with E-state index in [4.69, 9.17) is 16.3 Å². The molecule has 0 fully saturated rings. The van der Waals surface area contributed by atoms with Gasteiger partial charge in [0.05, 0.1) is 4.92 Å². The van der Waals surface area contributed by atoms with Gasteiger partial charge in [-0.2, -0.15) is 0 Å². The van der Waals surface area contributed by atoms with E-state index < -0.39 is 4.92 Å². The van der Waals surface area contributed by atoms with E-state index in [1.807, 2.05) is 30.3 Å². The normalized spacial score (nSPS) is 11.3. The molecular weight excluding hydrogens is 386 g/mol. The van der Waals surface area contributed by atoms with Gasteiger partial charge in [0, 0.05) is 17.2 Å². The Hall–Kier alpha value is -2.85. The largest absolute Gasteiger partial charge is 0.457 e. The summed E-state index contributed by atoms with van der Waals surface area (Å²) in [6.45, 7) is 4.51. The second kappa shape index (κ2) is 9.10. The summed E-state index contributed by atoms with van der Waals surface area (Å²) < 4.78 is 5.85. The fourth-order valence-corrected chi connectivity index (χ4v) is 3.44. The van der Waals surface area contributed by atoms with Gasteiger partial charge in [0.1, 0.15) is 11.5 Å². The lowest BCUT2D eigenvalue weighted by Gasteiger charge is -2.25. The topological polar surface area (TPSA) is 52.4 Å². The molecule has 0 aromatic heterocycles. The van der Waals surface area contributed by atoms with E-state index >= 15 is 0 Å². The van der Waals surface area contributed by atoms with E-state index in [-0.39, 0.29) is 11.1 Å². The van der Waals surface area contributed by atoms with Gasteiger partial charge < -0.3 is 4.74 Å². The number of ether oxygens (including phenoxy) is 1. The Bertz CT molecular complexity index is 966. The average Bonchev–Trinajstić information content (AvgIpc) is 2.69. The summed E-state index contributed by atoms with van der Waals surface area (Å²) in [4.78, 5) is 10.3. The van der Waals surface area contributed by atoms with E-state index in [1.54, 1.807) is 12.1 Å². The zero-order chi connectivity index (χ0) is 20.9. The van der Waals surface area contributed by atoms with Crippen LogP contribution < -0.4 is 4.74 Å². The van der Waals surface area contributed by atoms with Gasteiger partial charge in [0.2, 0.25) is 0 Å². The Kier molecular flexibility index (Phi) is 6.55. The summed E-state index contributed by atoms with van der Waals surface area (Å²) in [6.07, 6.45) is 3.06. The summed E-state index contributed by atoms with van der Waals surface area (Å²) in [7, 11) is 0. The van der Waals surface area contributed by atoms with Crippen molar-refractivity contribution in [3.8, 4) is 11.5 Å². The van der Waals surface area contributed by atoms with Crippen molar-refractivity contribution in [3.05, 3.63) is 99.1 Å². The molecule has 0 aliphatic heterocycles. The van der Waals surface area contributed by atoms with Crippen LogP contribution in [0.3, 0.4) is 0 Å². The molecule has 0 amide bonds. The molecule has 3 aromatic rings. The molecular formula is C24H24ClNO3. The Balaban J connectivity index is 1.58. The summed E-state index contributed by atoms with van der Waals surface area (Å²) >= 11 is 6.00. The molecule has 0 N–H and O–H groups in total. The van der Waals surface area contributed by atoms with Gasteiger partial charge in [-0.1, -0.05) is 49.7 Å². The van der Waals surface area contributed by atoms with Crippen molar-refractivity contribution in [2.45, 2.75) is 38.5 Å². The second-order valence-electron chi connectivity index (χ2n) is 7.74. The number of hydrogen-bond acceptors (Lipinski definition) is 3. The second-order valence-corrected chi connectivity index (χ2v) is 8.18. The smallest absolute Gasteiger partial charge is 0.269 e. The van der Waals surface area contributed by atoms with E-state index in [9.17, 15) is 10.1 Å². The van der Waals surface area contributed by atoms with Crippen LogP contribution in [0.1, 0.15) is 37.8 Å². The highest BCUT2D eigenvalue weighted by molar-refractivity contribution is 6.30. The number of aryl methyl sites for hydroxylation is 1. The lowest BCUT2D eigenvalue weighted by atomic mass is 9.80. The van der Waals surface area contributed by atoms with Crippen LogP contribution in [0.25, 0.3) is 0 Å². The molecule has 5 heteroatoms. The van der Waals surface area contributed by atoms with Crippen LogP contribution in [-0.2, 0) is 11.8 Å². The van der Waals surface area contributed by atoms with Gasteiger partial charge in [0.15, 0.2) is 0 Å². The van der Waals surface area contributed by atoms with Crippen LogP contribution in [0.2, 0.25) is 5.02 Å². The molecule has 0 saturated carbocycles. The minimum atomic E-state index is -0.421. The molecule has 0 radical (unpaired) electrons. The average molecular weight is 410 g/mol. The fourth-order valence-electron chi connectivity index (χ4n) is 3.32. The minimum Gasteiger partial charge on any atom is -0.457 e. The van der Waals surface area contributed by atoms with Crippen molar-refractivity contribution in [1.29, 1.82) is 0 Å². The third-order valence-electron chi connectivity index (χ3n) is 5.07. The maximum Gasteiger partial charge on any atom is 0.269 e. The van der Waals surface area contributed by atoms with Gasteiger partial charge in [-0.25, -0.2) is 0 Å². The predicted octanol–water partition coefficient (Wildman–Crippen LogP) is 7.34. The van der Waals surface area contributed by atoms with Crippen LogP contribution in [-0.4, -0.2) is 4.92 Å². The van der Waals surface area contributed by atoms with Crippen LogP contribution in [0.15, 0.2) is 72.8 Å². The Labute approximate surface area is 176 Å². The monoisotopic (exact) mass is 409 g/mol. The van der Waals surface area contributed by atoms with Crippen molar-refractivity contribution in [1.82, 2.24) is 0 Å². The van der Waals surface area contributed by atoms with Gasteiger partial charge in [-0.15, -0.1) is 0 Å². The lowest BCUT2D eigenvalue weighted by Crippen LogP contribution is -2.17. The van der Waals surface area contributed by atoms with E-state index in [1.165, 1.54) is 23.3 Å². The molecule has 0 heterocycles. The van der Waals surface area contributed by atoms with E-state index in [0.29, 0.717) is 5.75 Å². The third-order valence-corrected chi connectivity index (χ3v) is 5.33. The van der Waals surface area contributed by atoms with E-state index in [0.717, 1.165) is 30.0 Å². The van der Waals surface area contributed by atoms with Crippen molar-refractivity contribution in [2.75, 3.05) is 0 Å². The van der Waals surface area contributed by atoms with Crippen molar-refractivity contribution in [2.24, 2.45) is 0 Å². The first-order chi connectivity index (χ1) is 13.8. The van der Waals surface area contributed by atoms with Gasteiger partial charge in [-0.3, -0.25) is 10.1 Å². The van der Waals surface area contributed by atoms with Crippen molar-refractivity contribution < 1.29 is 9.66 Å². The molecule has 3 aromatic carbocycles. The number of non-ortho nitro benzene ring substituents is 1. The van der Waals surface area contributed by atoms with Gasteiger partial charge in [-0.05, 0) is 72.2 Å². The van der Waals surface area contributed by atoms with Gasteiger partial charge in [0.25, 0.3) is 5.69 Å². The van der Waals surface area contributed by atoms with Crippen LogP contribution in [0.5, 0.6) is 11.5 Å². The fraction of sp³-hybridized carbons (Fsp3) is 0.250. The molecule has 150 valence electrons. The molecule has 3 rings (SSSR count). The van der Waals surface area contributed by atoms with Crippen LogP contribution in [0, 0.1) is 10.1 Å². The van der Waals surface area contributed by atoms with Crippen LogP contribution >= 0.6 is 11.6 Å². The summed E-state index contributed by atoms with van der Waals surface area (Å²) in [5.74, 6) is 1.31. The molecule has 0 aliphatic carbocycles. The predicted molar refractivity (Wildman–Crippen MR) is 117 cm³/mol. The molecule has 4 nitrogen and oxygen atoms in total. The zero-order valence-electron chi connectivity index (χ0n) is 16.6. The Morgan fingerprint density at radius 3 is 2.31 bits per heavy atom. The number of benzene rings is 3. The standard InChI is InChI=1S/C24H24ClNO3/c1-24(2,19-8-10-20(25)11-9-19)16-4-6-18-5-3-7-23(17-18)29-22-14-12-21(13-15-22)26(27)28/h3,5,7-15,17H,4,6,16H2,1-2H3. The SMILES string of the molecule is CC(C)(CCCc1cccc(Oc2ccc([N+](=O)[O-])cc2)c1)c1ccc(Cl)cc1. The number of hydrogen-bond donors (Lipinski definition) is 0. The quantitative estimate of drug-likeness (QED) is 0.289. The molecule has 29 heavy (non-hydrogen) atoms. The van der Waals surface area contributed by atoms with Gasteiger partial charge >= 0.3 is 0 Å². The number of nitro groups is 1. The number of nitro benzene ring substituents is 1. The Morgan fingerprint density at radius 1 is 0.966 bits per heavy atom. The van der Waals surface area contributed by atoms with Crippen molar-refractivity contribution >= 4 is 17.3 Å². The molecule has 0 unspecified atom stereocenters. The highest BCUT2D eigenvalue weighted by atomic mass is 35.5. The number of rotatable bonds is 8. The lowest BCUT2D eigenvalue weighted by molar-refractivity contribution is -0.384. The molecule has 0 saturated heterocycles. The Morgan fingerprint density at radius 2 is 1.66 bits per heavy atom. The molecule has 0 aliphatic rings. The maximum atomic E-state index is 10.8. The summed E-state index contributed by atoms with van der Waals surface area (Å²) in [5.41, 5.74) is 2.63. The molecule has 0 spiro atoms. The van der Waals surface area contributed by atoms with Crippen LogP contribution in [0.4, 0.5) is 5.69 Å². The number of halogens is 1. The minimum absolute atomic E-state index is 0.0504. The summed E-state index contributed by atoms with van der Waals surface area (Å²) in [5, 5.41) is 11.5. The first kappa shape index (κ1) is 20.9. The number of nitrogens with zero attached hydrogens (tertiary/aromatic N) is 1. The zero-order valence-corrected chi connectivity index (χ0v) is 17.4. The van der Waals surface area contributed by atoms with Crippen molar-refractivity contribution in [3.63, 3.8) is 0 Å². The molecule has 0 bridgehead atoms. The highest BCUT2D eigenvalue weighted by Gasteiger charge is 2.20. The first-order valence-electron chi connectivity index (χ1n) is 9.61. The molecule has 0 atom stereocenters. The highest BCUT2D eigenvalue weighted by Crippen LogP contribution is 2.30. The maximum absolute atomic E-state index is 10.8. The summed E-state index contributed by atoms with van der Waals surface area (Å²) in [6, 6.07) is 22.2. The first-order valence-corrected chi connectivity index (χ1v) is 9.99.